The number of fused-ring (bicyclic) bond motifs is 1. The lowest BCUT2D eigenvalue weighted by Crippen LogP contribution is -2.51. The minimum absolute atomic E-state index is 0.0112. The van der Waals surface area contributed by atoms with Crippen LogP contribution in [0, 0.1) is 11.8 Å². The number of nitrogens with two attached hydrogens (primary N) is 1. The predicted molar refractivity (Wildman–Crippen MR) is 167 cm³/mol. The van der Waals surface area contributed by atoms with Crippen molar-refractivity contribution in [2.75, 3.05) is 43.5 Å². The Morgan fingerprint density at radius 1 is 1.11 bits per heavy atom. The Morgan fingerprint density at radius 2 is 1.77 bits per heavy atom. The van der Waals surface area contributed by atoms with Crippen molar-refractivity contribution < 1.29 is 28.7 Å². The van der Waals surface area contributed by atoms with E-state index in [9.17, 15) is 24.0 Å². The molecule has 0 radical (unpaired) electrons. The van der Waals surface area contributed by atoms with Crippen LogP contribution in [0.3, 0.4) is 0 Å². The van der Waals surface area contributed by atoms with Crippen molar-refractivity contribution in [3.8, 4) is 0 Å². The number of ether oxygens (including phenoxy) is 1. The van der Waals surface area contributed by atoms with Crippen molar-refractivity contribution >= 4 is 47.3 Å². The normalized spacial score (nSPS) is 21.1. The maximum Gasteiger partial charge on any atom is 0.335 e. The summed E-state index contributed by atoms with van der Waals surface area (Å²) in [7, 11) is 3.46. The van der Waals surface area contributed by atoms with Gasteiger partial charge in [-0.2, -0.15) is 5.10 Å². The number of likely N-dealkylation sites (N-methyl/N-ethyl adjacent to an activating group) is 1. The van der Waals surface area contributed by atoms with Gasteiger partial charge < -0.3 is 31.3 Å². The zero-order chi connectivity index (χ0) is 32.4. The van der Waals surface area contributed by atoms with Gasteiger partial charge in [0.15, 0.2) is 0 Å². The van der Waals surface area contributed by atoms with E-state index in [0.717, 1.165) is 31.4 Å². The molecule has 0 bridgehead atoms. The Kier molecular flexibility index (Phi) is 12.1. The third-order valence-electron chi connectivity index (χ3n) is 7.53. The molecule has 0 saturated heterocycles. The first-order valence-electron chi connectivity index (χ1n) is 14.9. The molecule has 242 valence electrons. The molecule has 2 atom stereocenters. The molecule has 14 nitrogen and oxygen atoms in total. The number of esters is 1. The van der Waals surface area contributed by atoms with Gasteiger partial charge in [0.2, 0.25) is 17.7 Å². The number of urea groups is 1. The molecule has 1 aromatic carbocycles. The van der Waals surface area contributed by atoms with E-state index in [1.54, 1.807) is 40.0 Å². The second-order valence-corrected chi connectivity index (χ2v) is 12.3. The molecule has 0 spiro atoms. The van der Waals surface area contributed by atoms with E-state index in [-0.39, 0.29) is 37.3 Å². The molecule has 14 heteroatoms. The third-order valence-corrected chi connectivity index (χ3v) is 7.53. The molecule has 1 fully saturated rings. The quantitative estimate of drug-likeness (QED) is 0.146. The standard InChI is InChI=1S/C30H46N8O6/c1-30(2,3)44-26(40)14-21(16-34-36-29(43)33-15-19-10-12-20(13-11-19)27(41)32-4)35-25(39)18-38-24-9-7-6-8-23(24)37(5)17-22(31)28(38)42/h6-9,16,19-22H,10-15,17-18,31H2,1-5H3,(H,32,41)(H,35,39)(H2,33,36,43)/b34-16+/t19?,20?,21-,22?/m0/s1. The largest absolute Gasteiger partial charge is 0.460 e. The number of carbonyl (C=O) groups excluding carboxylic acids is 5. The van der Waals surface area contributed by atoms with Crippen molar-refractivity contribution in [2.24, 2.45) is 22.7 Å². The number of hydrogen-bond acceptors (Lipinski definition) is 9. The van der Waals surface area contributed by atoms with E-state index >= 15 is 0 Å². The highest BCUT2D eigenvalue weighted by atomic mass is 16.6. The Hall–Kier alpha value is -4.20. The molecule has 1 aromatic rings. The second kappa shape index (κ2) is 15.5. The molecule has 1 aliphatic heterocycles. The first kappa shape index (κ1) is 34.3. The van der Waals surface area contributed by atoms with Gasteiger partial charge in [0.1, 0.15) is 18.2 Å². The summed E-state index contributed by atoms with van der Waals surface area (Å²) >= 11 is 0. The fraction of sp³-hybridized carbons (Fsp3) is 0.600. The molecule has 1 unspecified atom stereocenters. The van der Waals surface area contributed by atoms with Gasteiger partial charge in [0.25, 0.3) is 0 Å². The zero-order valence-electron chi connectivity index (χ0n) is 26.2. The third kappa shape index (κ3) is 10.2. The highest BCUT2D eigenvalue weighted by molar-refractivity contribution is 6.05. The summed E-state index contributed by atoms with van der Waals surface area (Å²) in [6, 6.07) is 4.87. The minimum Gasteiger partial charge on any atom is -0.460 e. The molecule has 1 saturated carbocycles. The molecular weight excluding hydrogens is 568 g/mol. The number of para-hydroxylation sites is 2. The van der Waals surface area contributed by atoms with Crippen LogP contribution in [0.2, 0.25) is 0 Å². The van der Waals surface area contributed by atoms with Crippen molar-refractivity contribution in [3.63, 3.8) is 0 Å². The van der Waals surface area contributed by atoms with Crippen molar-refractivity contribution in [1.82, 2.24) is 21.4 Å². The summed E-state index contributed by atoms with van der Waals surface area (Å²) in [5.41, 5.74) is 9.04. The van der Waals surface area contributed by atoms with Gasteiger partial charge >= 0.3 is 12.0 Å². The number of carbonyl (C=O) groups is 5. The van der Waals surface area contributed by atoms with Crippen LogP contribution in [0.25, 0.3) is 0 Å². The summed E-state index contributed by atoms with van der Waals surface area (Å²) in [5.74, 6) is -1.22. The fourth-order valence-corrected chi connectivity index (χ4v) is 5.36. The van der Waals surface area contributed by atoms with Crippen molar-refractivity contribution in [2.45, 2.75) is 70.6 Å². The summed E-state index contributed by atoms with van der Waals surface area (Å²) in [6.45, 7) is 5.56. The average molecular weight is 615 g/mol. The maximum absolute atomic E-state index is 13.2. The van der Waals surface area contributed by atoms with Gasteiger partial charge in [-0.3, -0.25) is 24.1 Å². The fourth-order valence-electron chi connectivity index (χ4n) is 5.36. The Bertz CT molecular complexity index is 1220. The number of benzene rings is 1. The number of amides is 5. The first-order valence-corrected chi connectivity index (χ1v) is 14.9. The maximum atomic E-state index is 13.2. The van der Waals surface area contributed by atoms with Crippen LogP contribution in [0.5, 0.6) is 0 Å². The van der Waals surface area contributed by atoms with Gasteiger partial charge in [-0.05, 0) is 64.5 Å². The first-order chi connectivity index (χ1) is 20.8. The van der Waals surface area contributed by atoms with Crippen LogP contribution < -0.4 is 36.9 Å². The molecule has 3 rings (SSSR count). The SMILES string of the molecule is CNC(=O)C1CCC(CNC(=O)N/N=C/[C@H](CC(=O)OC(C)(C)C)NC(=O)CN2C(=O)C(N)CN(C)c3ccccc32)CC1. The lowest BCUT2D eigenvalue weighted by molar-refractivity contribution is -0.155. The van der Waals surface area contributed by atoms with E-state index in [2.05, 4.69) is 26.5 Å². The van der Waals surface area contributed by atoms with Crippen molar-refractivity contribution in [3.05, 3.63) is 24.3 Å². The van der Waals surface area contributed by atoms with Crippen LogP contribution in [-0.4, -0.2) is 87.4 Å². The van der Waals surface area contributed by atoms with Gasteiger partial charge in [-0.25, -0.2) is 10.2 Å². The number of hydrogen-bond donors (Lipinski definition) is 5. The summed E-state index contributed by atoms with van der Waals surface area (Å²) < 4.78 is 5.41. The van der Waals surface area contributed by atoms with Gasteiger partial charge in [0, 0.05) is 39.3 Å². The lowest BCUT2D eigenvalue weighted by atomic mass is 9.81. The molecule has 44 heavy (non-hydrogen) atoms. The number of anilines is 2. The Balaban J connectivity index is 1.61. The van der Waals surface area contributed by atoms with Gasteiger partial charge in [-0.15, -0.1) is 0 Å². The van der Waals surface area contributed by atoms with Gasteiger partial charge in [-0.1, -0.05) is 12.1 Å². The highest BCUT2D eigenvalue weighted by Crippen LogP contribution is 2.31. The molecule has 6 N–H and O–H groups in total. The van der Waals surface area contributed by atoms with Crippen LogP contribution in [-0.2, 0) is 23.9 Å². The number of rotatable bonds is 10. The number of nitrogens with one attached hydrogen (secondary N) is 4. The van der Waals surface area contributed by atoms with Crippen molar-refractivity contribution in [1.29, 1.82) is 0 Å². The van der Waals surface area contributed by atoms with E-state index in [4.69, 9.17) is 10.5 Å². The second-order valence-electron chi connectivity index (χ2n) is 12.3. The van der Waals surface area contributed by atoms with Crippen LogP contribution in [0.15, 0.2) is 29.4 Å². The lowest BCUT2D eigenvalue weighted by Gasteiger charge is -2.27. The highest BCUT2D eigenvalue weighted by Gasteiger charge is 2.32. The summed E-state index contributed by atoms with van der Waals surface area (Å²) in [5, 5.41) is 12.1. The summed E-state index contributed by atoms with van der Waals surface area (Å²) in [6.07, 6.45) is 4.20. The Labute approximate surface area is 258 Å². The van der Waals surface area contributed by atoms with E-state index < -0.39 is 41.5 Å². The molecule has 1 heterocycles. The van der Waals surface area contributed by atoms with E-state index in [1.165, 1.54) is 11.1 Å². The smallest absolute Gasteiger partial charge is 0.335 e. The monoisotopic (exact) mass is 614 g/mol. The number of nitrogens with zero attached hydrogens (tertiary/aromatic N) is 3. The molecule has 1 aliphatic carbocycles. The van der Waals surface area contributed by atoms with Crippen LogP contribution >= 0.6 is 0 Å². The minimum atomic E-state index is -0.939. The van der Waals surface area contributed by atoms with Gasteiger partial charge in [0.05, 0.1) is 23.8 Å². The summed E-state index contributed by atoms with van der Waals surface area (Å²) in [4.78, 5) is 66.3. The topological polar surface area (TPSA) is 188 Å². The van der Waals surface area contributed by atoms with E-state index in [1.807, 2.05) is 24.1 Å². The van der Waals surface area contributed by atoms with Crippen LogP contribution in [0.1, 0.15) is 52.9 Å². The molecular formula is C30H46N8O6. The zero-order valence-corrected chi connectivity index (χ0v) is 26.2. The average Bonchev–Trinajstić information content (AvgIpc) is 3.05. The van der Waals surface area contributed by atoms with E-state index in [0.29, 0.717) is 12.2 Å². The molecule has 5 amide bonds. The van der Waals surface area contributed by atoms with Crippen LogP contribution in [0.4, 0.5) is 16.2 Å². The molecule has 0 aromatic heterocycles. The predicted octanol–water partition coefficient (Wildman–Crippen LogP) is 0.851. The molecule has 2 aliphatic rings. The number of hydrazone groups is 1. The Morgan fingerprint density at radius 3 is 2.41 bits per heavy atom.